The number of aryl methyl sites for hydroxylation is 1. The van der Waals surface area contributed by atoms with E-state index in [9.17, 15) is 0 Å². The van der Waals surface area contributed by atoms with E-state index in [1.165, 1.54) is 5.56 Å². The van der Waals surface area contributed by atoms with Crippen molar-refractivity contribution in [3.05, 3.63) is 54.0 Å². The molecule has 0 atom stereocenters. The van der Waals surface area contributed by atoms with Gasteiger partial charge in [0.1, 0.15) is 0 Å². The van der Waals surface area contributed by atoms with Gasteiger partial charge in [-0.05, 0) is 50.6 Å². The smallest absolute Gasteiger partial charge is 0.0727 e. The monoisotopic (exact) mass is 265 g/mol. The lowest BCUT2D eigenvalue weighted by Gasteiger charge is -2.07. The van der Waals surface area contributed by atoms with Gasteiger partial charge in [-0.1, -0.05) is 6.08 Å². The Morgan fingerprint density at radius 2 is 2.20 bits per heavy atom. The van der Waals surface area contributed by atoms with Gasteiger partial charge in [0.05, 0.1) is 11.4 Å². The van der Waals surface area contributed by atoms with Gasteiger partial charge >= 0.3 is 0 Å². The quantitative estimate of drug-likeness (QED) is 0.785. The van der Waals surface area contributed by atoms with E-state index in [4.69, 9.17) is 4.98 Å². The molecule has 0 saturated heterocycles. The minimum Gasteiger partial charge on any atom is -0.293 e. The average molecular weight is 265 g/mol. The highest BCUT2D eigenvalue weighted by Crippen LogP contribution is 2.21. The summed E-state index contributed by atoms with van der Waals surface area (Å²) in [5, 5.41) is 0. The Labute approximate surface area is 120 Å². The molecule has 0 aliphatic carbocycles. The molecule has 2 aromatic heterocycles. The molecule has 2 rings (SSSR count). The number of allylic oxidation sites excluding steroid dienone is 2. The molecule has 0 aliphatic rings. The van der Waals surface area contributed by atoms with Gasteiger partial charge in [0.25, 0.3) is 0 Å². The first kappa shape index (κ1) is 14.1. The van der Waals surface area contributed by atoms with Gasteiger partial charge in [0, 0.05) is 36.3 Å². The molecule has 0 N–H and O–H groups in total. The average Bonchev–Trinajstić information content (AvgIpc) is 2.48. The van der Waals surface area contributed by atoms with Crippen molar-refractivity contribution in [3.8, 4) is 11.3 Å². The molecule has 2 heterocycles. The third-order valence-corrected chi connectivity index (χ3v) is 2.95. The maximum Gasteiger partial charge on any atom is 0.0727 e. The molecule has 2 aromatic rings. The number of hydrogen-bond acceptors (Lipinski definition) is 3. The van der Waals surface area contributed by atoms with Crippen LogP contribution >= 0.6 is 0 Å². The molecule has 20 heavy (non-hydrogen) atoms. The second-order valence-corrected chi connectivity index (χ2v) is 4.53. The van der Waals surface area contributed by atoms with Crippen molar-refractivity contribution in [1.29, 1.82) is 0 Å². The summed E-state index contributed by atoms with van der Waals surface area (Å²) in [5.41, 5.74) is 5.14. The number of hydrogen-bond donors (Lipinski definition) is 0. The van der Waals surface area contributed by atoms with E-state index >= 15 is 0 Å². The van der Waals surface area contributed by atoms with Gasteiger partial charge in [-0.15, -0.1) is 0 Å². The molecule has 0 radical (unpaired) electrons. The van der Waals surface area contributed by atoms with E-state index in [0.717, 1.165) is 29.1 Å². The second-order valence-electron chi connectivity index (χ2n) is 4.53. The van der Waals surface area contributed by atoms with Gasteiger partial charge in [-0.3, -0.25) is 9.98 Å². The van der Waals surface area contributed by atoms with E-state index in [-0.39, 0.29) is 0 Å². The molecule has 0 aliphatic heterocycles. The number of rotatable bonds is 4. The zero-order chi connectivity index (χ0) is 14.4. The molecule has 0 bridgehead atoms. The van der Waals surface area contributed by atoms with Crippen molar-refractivity contribution >= 4 is 11.8 Å². The van der Waals surface area contributed by atoms with Crippen molar-refractivity contribution in [1.82, 2.24) is 9.97 Å². The SMILES string of the molecule is C/C=C(\C=NCC)c1cc(C)cc(-c2cccnc2)n1. The molecule has 3 nitrogen and oxygen atoms in total. The van der Waals surface area contributed by atoms with Crippen molar-refractivity contribution in [2.75, 3.05) is 6.54 Å². The van der Waals surface area contributed by atoms with Crippen LogP contribution in [-0.4, -0.2) is 22.7 Å². The summed E-state index contributed by atoms with van der Waals surface area (Å²) in [4.78, 5) is 13.2. The molecular formula is C17H19N3. The topological polar surface area (TPSA) is 38.1 Å². The molecular weight excluding hydrogens is 246 g/mol. The summed E-state index contributed by atoms with van der Waals surface area (Å²) in [6, 6.07) is 8.10. The summed E-state index contributed by atoms with van der Waals surface area (Å²) in [7, 11) is 0. The van der Waals surface area contributed by atoms with Crippen LogP contribution in [0.3, 0.4) is 0 Å². The lowest BCUT2D eigenvalue weighted by Crippen LogP contribution is -1.95. The maximum atomic E-state index is 4.73. The van der Waals surface area contributed by atoms with E-state index in [1.54, 1.807) is 6.20 Å². The predicted molar refractivity (Wildman–Crippen MR) is 84.9 cm³/mol. The van der Waals surface area contributed by atoms with Gasteiger partial charge in [0.2, 0.25) is 0 Å². The van der Waals surface area contributed by atoms with Crippen LogP contribution in [0.15, 0.2) is 47.7 Å². The van der Waals surface area contributed by atoms with Crippen LogP contribution in [0.1, 0.15) is 25.1 Å². The molecule has 0 amide bonds. The Bertz CT molecular complexity index is 628. The largest absolute Gasteiger partial charge is 0.293 e. The van der Waals surface area contributed by atoms with Crippen LogP contribution in [0.4, 0.5) is 0 Å². The third kappa shape index (κ3) is 3.38. The van der Waals surface area contributed by atoms with Gasteiger partial charge in [-0.2, -0.15) is 0 Å². The fraction of sp³-hybridized carbons (Fsp3) is 0.235. The summed E-state index contributed by atoms with van der Waals surface area (Å²) in [5.74, 6) is 0. The number of aromatic nitrogens is 2. The Hall–Kier alpha value is -2.29. The highest BCUT2D eigenvalue weighted by molar-refractivity contribution is 6.09. The standard InChI is InChI=1S/C17H19N3/c1-4-14(11-18-5-2)16-9-13(3)10-17(20-16)15-7-6-8-19-12-15/h4,6-12H,5H2,1-3H3/b14-4+,18-11?. The lowest BCUT2D eigenvalue weighted by molar-refractivity contribution is 1.14. The second kappa shape index (κ2) is 6.75. The first-order valence-corrected chi connectivity index (χ1v) is 6.80. The third-order valence-electron chi connectivity index (χ3n) is 2.95. The minimum atomic E-state index is 0.776. The van der Waals surface area contributed by atoms with Crippen LogP contribution in [0.25, 0.3) is 16.8 Å². The van der Waals surface area contributed by atoms with Crippen molar-refractivity contribution < 1.29 is 0 Å². The number of pyridine rings is 2. The Kier molecular flexibility index (Phi) is 4.77. The number of nitrogens with zero attached hydrogens (tertiary/aromatic N) is 3. The molecule has 3 heteroatoms. The Balaban J connectivity index is 2.46. The van der Waals surface area contributed by atoms with E-state index in [2.05, 4.69) is 29.0 Å². The van der Waals surface area contributed by atoms with E-state index < -0.39 is 0 Å². The number of aliphatic imine (C=N–C) groups is 1. The summed E-state index contributed by atoms with van der Waals surface area (Å²) < 4.78 is 0. The van der Waals surface area contributed by atoms with Crippen LogP contribution in [0.5, 0.6) is 0 Å². The lowest BCUT2D eigenvalue weighted by atomic mass is 10.1. The molecule has 0 aromatic carbocycles. The normalized spacial score (nSPS) is 12.1. The van der Waals surface area contributed by atoms with Gasteiger partial charge in [-0.25, -0.2) is 4.98 Å². The van der Waals surface area contributed by atoms with Crippen LogP contribution < -0.4 is 0 Å². The zero-order valence-corrected chi connectivity index (χ0v) is 12.2. The molecule has 102 valence electrons. The molecule has 0 fully saturated rings. The highest BCUT2D eigenvalue weighted by Gasteiger charge is 2.06. The first-order valence-electron chi connectivity index (χ1n) is 6.80. The highest BCUT2D eigenvalue weighted by atomic mass is 14.7. The van der Waals surface area contributed by atoms with Gasteiger partial charge < -0.3 is 0 Å². The fourth-order valence-corrected chi connectivity index (χ4v) is 1.96. The van der Waals surface area contributed by atoms with Crippen molar-refractivity contribution in [3.63, 3.8) is 0 Å². The van der Waals surface area contributed by atoms with Crippen LogP contribution in [0.2, 0.25) is 0 Å². The van der Waals surface area contributed by atoms with E-state index in [0.29, 0.717) is 0 Å². The molecule has 0 spiro atoms. The molecule has 0 saturated carbocycles. The zero-order valence-electron chi connectivity index (χ0n) is 12.2. The van der Waals surface area contributed by atoms with Crippen molar-refractivity contribution in [2.45, 2.75) is 20.8 Å². The Morgan fingerprint density at radius 3 is 2.85 bits per heavy atom. The van der Waals surface area contributed by atoms with Crippen LogP contribution in [0, 0.1) is 6.92 Å². The fourth-order valence-electron chi connectivity index (χ4n) is 1.96. The maximum absolute atomic E-state index is 4.73. The Morgan fingerprint density at radius 1 is 1.35 bits per heavy atom. The summed E-state index contributed by atoms with van der Waals surface area (Å²) in [6.07, 6.45) is 7.52. The summed E-state index contributed by atoms with van der Waals surface area (Å²) >= 11 is 0. The predicted octanol–water partition coefficient (Wildman–Crippen LogP) is 3.95. The van der Waals surface area contributed by atoms with E-state index in [1.807, 2.05) is 44.5 Å². The summed E-state index contributed by atoms with van der Waals surface area (Å²) in [6.45, 7) is 6.88. The van der Waals surface area contributed by atoms with Gasteiger partial charge in [0.15, 0.2) is 0 Å². The van der Waals surface area contributed by atoms with Crippen LogP contribution in [-0.2, 0) is 0 Å². The first-order chi connectivity index (χ1) is 9.74. The minimum absolute atomic E-state index is 0.776. The van der Waals surface area contributed by atoms with Crippen molar-refractivity contribution in [2.24, 2.45) is 4.99 Å². The molecule has 0 unspecified atom stereocenters.